The Morgan fingerprint density at radius 3 is 2.59 bits per heavy atom. The zero-order chi connectivity index (χ0) is 12.5. The molecule has 1 aliphatic carbocycles. The van der Waals surface area contributed by atoms with E-state index in [9.17, 15) is 0 Å². The van der Waals surface area contributed by atoms with Crippen LogP contribution in [0, 0.1) is 0 Å². The summed E-state index contributed by atoms with van der Waals surface area (Å²) in [6, 6.07) is 8.71. The van der Waals surface area contributed by atoms with Crippen LogP contribution in [0.3, 0.4) is 0 Å². The molecule has 0 unspecified atom stereocenters. The Bertz CT molecular complexity index is 499. The van der Waals surface area contributed by atoms with Crippen LogP contribution >= 0.6 is 0 Å². The topological polar surface area (TPSA) is 0 Å². The predicted octanol–water partition coefficient (Wildman–Crippen LogP) is 4.88. The second kappa shape index (κ2) is 4.37. The molecule has 0 heteroatoms. The third-order valence-electron chi connectivity index (χ3n) is 3.55. The van der Waals surface area contributed by atoms with Gasteiger partial charge >= 0.3 is 0 Å². The molecular weight excluding hydrogens is 204 g/mol. The Morgan fingerprint density at radius 1 is 1.24 bits per heavy atom. The van der Waals surface area contributed by atoms with Crippen molar-refractivity contribution < 1.29 is 0 Å². The van der Waals surface area contributed by atoms with Gasteiger partial charge in [0.2, 0.25) is 0 Å². The van der Waals surface area contributed by atoms with Gasteiger partial charge in [-0.15, -0.1) is 0 Å². The van der Waals surface area contributed by atoms with Crippen molar-refractivity contribution in [2.45, 2.75) is 32.6 Å². The minimum absolute atomic E-state index is 0.0891. The van der Waals surface area contributed by atoms with Crippen molar-refractivity contribution in [2.75, 3.05) is 0 Å². The Labute approximate surface area is 104 Å². The van der Waals surface area contributed by atoms with E-state index in [1.807, 2.05) is 6.08 Å². The first-order chi connectivity index (χ1) is 8.12. The van der Waals surface area contributed by atoms with Crippen LogP contribution in [0.1, 0.15) is 38.3 Å². The van der Waals surface area contributed by atoms with E-state index >= 15 is 0 Å². The van der Waals surface area contributed by atoms with Crippen molar-refractivity contribution in [1.29, 1.82) is 0 Å². The van der Waals surface area contributed by atoms with Crippen LogP contribution in [0.4, 0.5) is 0 Å². The predicted molar refractivity (Wildman–Crippen MR) is 76.0 cm³/mol. The molecule has 1 aromatic rings. The summed E-state index contributed by atoms with van der Waals surface area (Å²) in [4.78, 5) is 0. The van der Waals surface area contributed by atoms with Crippen LogP contribution in [0.25, 0.3) is 5.57 Å². The maximum atomic E-state index is 3.84. The van der Waals surface area contributed by atoms with Crippen molar-refractivity contribution >= 4 is 5.57 Å². The molecule has 0 aromatic heterocycles. The Balaban J connectivity index is 2.71. The van der Waals surface area contributed by atoms with Gasteiger partial charge in [0, 0.05) is 5.41 Å². The number of rotatable bonds is 2. The van der Waals surface area contributed by atoms with Gasteiger partial charge in [0.15, 0.2) is 0 Å². The maximum Gasteiger partial charge on any atom is 0.0158 e. The lowest BCUT2D eigenvalue weighted by molar-refractivity contribution is 0.661. The molecule has 2 rings (SSSR count). The number of hydrogen-bond donors (Lipinski definition) is 0. The first kappa shape index (κ1) is 11.9. The molecule has 0 radical (unpaired) electrons. The fourth-order valence-corrected chi connectivity index (χ4v) is 2.73. The standard InChI is InChI=1S/C17H20/c1-5-9-13-14-11-7-8-12-16(14)17(3,4)15(13)10-6-2/h6-12H,2,5H2,1,3-4H3/b13-9-,15-10+. The van der Waals surface area contributed by atoms with Crippen molar-refractivity contribution in [1.82, 2.24) is 0 Å². The van der Waals surface area contributed by atoms with Crippen molar-refractivity contribution in [3.05, 3.63) is 65.8 Å². The van der Waals surface area contributed by atoms with Crippen molar-refractivity contribution in [3.63, 3.8) is 0 Å². The normalized spacial score (nSPS) is 21.8. The van der Waals surface area contributed by atoms with E-state index in [-0.39, 0.29) is 5.41 Å². The summed E-state index contributed by atoms with van der Waals surface area (Å²) in [6.07, 6.45) is 7.44. The third kappa shape index (κ3) is 1.78. The molecule has 0 saturated carbocycles. The summed E-state index contributed by atoms with van der Waals surface area (Å²) >= 11 is 0. The average molecular weight is 224 g/mol. The van der Waals surface area contributed by atoms with Crippen molar-refractivity contribution in [3.8, 4) is 0 Å². The van der Waals surface area contributed by atoms with Gasteiger partial charge < -0.3 is 0 Å². The number of hydrogen-bond acceptors (Lipinski definition) is 0. The quantitative estimate of drug-likeness (QED) is 0.671. The zero-order valence-electron chi connectivity index (χ0n) is 11.0. The lowest BCUT2D eigenvalue weighted by Gasteiger charge is -2.21. The highest BCUT2D eigenvalue weighted by Gasteiger charge is 2.36. The zero-order valence-corrected chi connectivity index (χ0v) is 11.0. The summed E-state index contributed by atoms with van der Waals surface area (Å²) in [5.41, 5.74) is 5.66. The van der Waals surface area contributed by atoms with Gasteiger partial charge in [0.05, 0.1) is 0 Å². The van der Waals surface area contributed by atoms with E-state index in [1.54, 1.807) is 0 Å². The van der Waals surface area contributed by atoms with E-state index in [0.717, 1.165) is 6.42 Å². The average Bonchev–Trinajstić information content (AvgIpc) is 2.52. The minimum atomic E-state index is 0.0891. The van der Waals surface area contributed by atoms with Crippen LogP contribution in [0.15, 0.2) is 54.6 Å². The Morgan fingerprint density at radius 2 is 1.94 bits per heavy atom. The fraction of sp³-hybridized carbons (Fsp3) is 0.294. The largest absolute Gasteiger partial charge is 0.0991 e. The summed E-state index contributed by atoms with van der Waals surface area (Å²) in [5.74, 6) is 0. The molecular formula is C17H20. The SMILES string of the molecule is C=C/C=C1\C(=C/CC)c2ccccc2C1(C)C. The van der Waals surface area contributed by atoms with Crippen LogP contribution < -0.4 is 0 Å². The molecule has 17 heavy (non-hydrogen) atoms. The second-order valence-corrected chi connectivity index (χ2v) is 5.01. The van der Waals surface area contributed by atoms with Crippen LogP contribution in [-0.2, 0) is 5.41 Å². The van der Waals surface area contributed by atoms with Crippen LogP contribution in [-0.4, -0.2) is 0 Å². The molecule has 0 aliphatic heterocycles. The Hall–Kier alpha value is -1.56. The molecule has 0 saturated heterocycles. The minimum Gasteiger partial charge on any atom is -0.0991 e. The maximum absolute atomic E-state index is 3.84. The molecule has 0 N–H and O–H groups in total. The van der Waals surface area contributed by atoms with E-state index in [4.69, 9.17) is 0 Å². The smallest absolute Gasteiger partial charge is 0.0158 e. The number of benzene rings is 1. The van der Waals surface area contributed by atoms with E-state index < -0.39 is 0 Å². The highest BCUT2D eigenvalue weighted by molar-refractivity contribution is 5.89. The molecule has 88 valence electrons. The molecule has 1 aromatic carbocycles. The molecule has 0 atom stereocenters. The van der Waals surface area contributed by atoms with Crippen LogP contribution in [0.5, 0.6) is 0 Å². The summed E-state index contributed by atoms with van der Waals surface area (Å²) in [7, 11) is 0. The van der Waals surface area contributed by atoms with Gasteiger partial charge in [0.1, 0.15) is 0 Å². The molecule has 0 fully saturated rings. The molecule has 0 amide bonds. The van der Waals surface area contributed by atoms with Crippen molar-refractivity contribution in [2.24, 2.45) is 0 Å². The Kier molecular flexibility index (Phi) is 3.06. The highest BCUT2D eigenvalue weighted by atomic mass is 14.4. The van der Waals surface area contributed by atoms with Gasteiger partial charge in [-0.2, -0.15) is 0 Å². The van der Waals surface area contributed by atoms with E-state index in [2.05, 4.69) is 63.8 Å². The lowest BCUT2D eigenvalue weighted by Crippen LogP contribution is -2.14. The first-order valence-corrected chi connectivity index (χ1v) is 6.26. The van der Waals surface area contributed by atoms with E-state index in [0.29, 0.717) is 0 Å². The van der Waals surface area contributed by atoms with Gasteiger partial charge in [-0.25, -0.2) is 0 Å². The van der Waals surface area contributed by atoms with Gasteiger partial charge in [0.25, 0.3) is 0 Å². The summed E-state index contributed by atoms with van der Waals surface area (Å²) in [5, 5.41) is 0. The highest BCUT2D eigenvalue weighted by Crippen LogP contribution is 2.49. The number of allylic oxidation sites excluding steroid dienone is 5. The molecule has 0 nitrogen and oxygen atoms in total. The van der Waals surface area contributed by atoms with Crippen LogP contribution in [0.2, 0.25) is 0 Å². The molecule has 0 spiro atoms. The molecule has 0 heterocycles. The summed E-state index contributed by atoms with van der Waals surface area (Å²) in [6.45, 7) is 10.6. The fourth-order valence-electron chi connectivity index (χ4n) is 2.73. The molecule has 0 bridgehead atoms. The van der Waals surface area contributed by atoms with Gasteiger partial charge in [-0.3, -0.25) is 0 Å². The summed E-state index contributed by atoms with van der Waals surface area (Å²) < 4.78 is 0. The van der Waals surface area contributed by atoms with Gasteiger partial charge in [-0.1, -0.05) is 69.8 Å². The van der Waals surface area contributed by atoms with E-state index in [1.165, 1.54) is 22.3 Å². The monoisotopic (exact) mass is 224 g/mol. The third-order valence-corrected chi connectivity index (χ3v) is 3.55. The first-order valence-electron chi connectivity index (χ1n) is 6.26. The van der Waals surface area contributed by atoms with Gasteiger partial charge in [-0.05, 0) is 28.7 Å². The molecule has 1 aliphatic rings. The second-order valence-electron chi connectivity index (χ2n) is 5.01. The number of fused-ring (bicyclic) bond motifs is 1. The lowest BCUT2D eigenvalue weighted by atomic mass is 9.82.